The molecule has 208 valence electrons. The summed E-state index contributed by atoms with van der Waals surface area (Å²) in [4.78, 5) is 17.9. The topological polar surface area (TPSA) is 87.5 Å². The summed E-state index contributed by atoms with van der Waals surface area (Å²) < 4.78 is 19.8. The first kappa shape index (κ1) is 29.6. The number of rotatable bonds is 11. The molecular formula is C27H29BrCl2N4O4S. The number of carbonyl (C=O) groups excluding carboxylic acids is 1. The molecule has 0 saturated heterocycles. The number of esters is 1. The van der Waals surface area contributed by atoms with E-state index in [1.165, 1.54) is 0 Å². The second-order valence-electron chi connectivity index (χ2n) is 8.77. The normalized spacial score (nSPS) is 14.6. The SMILES string of the molecule is CCCOC(=O)C1=C(C)Nc2nc(SCCC)nn2C1c1cc(Br)c(OCc2ccc(Cl)cc2Cl)c(OC)c1. The van der Waals surface area contributed by atoms with E-state index in [1.54, 1.807) is 35.7 Å². The third kappa shape index (κ3) is 6.67. The molecular weight excluding hydrogens is 627 g/mol. The first-order valence-corrected chi connectivity index (χ1v) is 15.0. The van der Waals surface area contributed by atoms with Gasteiger partial charge in [0, 0.05) is 27.1 Å². The van der Waals surface area contributed by atoms with Crippen molar-refractivity contribution in [3.05, 3.63) is 67.2 Å². The molecule has 3 aromatic rings. The number of nitrogens with one attached hydrogen (secondary N) is 1. The minimum absolute atomic E-state index is 0.205. The van der Waals surface area contributed by atoms with Crippen LogP contribution in [0.2, 0.25) is 10.0 Å². The maximum absolute atomic E-state index is 13.3. The number of allylic oxidation sites excluding steroid dienone is 1. The van der Waals surface area contributed by atoms with Gasteiger partial charge in [-0.1, -0.05) is 54.9 Å². The minimum atomic E-state index is -0.598. The van der Waals surface area contributed by atoms with E-state index in [1.807, 2.05) is 32.0 Å². The average molecular weight is 656 g/mol. The van der Waals surface area contributed by atoms with Gasteiger partial charge in [0.15, 0.2) is 11.5 Å². The molecule has 4 rings (SSSR count). The van der Waals surface area contributed by atoms with E-state index in [-0.39, 0.29) is 6.61 Å². The Bertz CT molecular complexity index is 1400. The van der Waals surface area contributed by atoms with Gasteiger partial charge in [-0.2, -0.15) is 4.98 Å². The molecule has 2 heterocycles. The molecule has 0 fully saturated rings. The second-order valence-corrected chi connectivity index (χ2v) is 11.5. The number of halogens is 3. The lowest BCUT2D eigenvalue weighted by molar-refractivity contribution is -0.139. The Morgan fingerprint density at radius 2 is 2.00 bits per heavy atom. The first-order chi connectivity index (χ1) is 18.8. The lowest BCUT2D eigenvalue weighted by Gasteiger charge is -2.28. The predicted molar refractivity (Wildman–Crippen MR) is 158 cm³/mol. The highest BCUT2D eigenvalue weighted by molar-refractivity contribution is 9.10. The van der Waals surface area contributed by atoms with Gasteiger partial charge in [-0.3, -0.25) is 0 Å². The van der Waals surface area contributed by atoms with Crippen LogP contribution in [0.4, 0.5) is 5.95 Å². The summed E-state index contributed by atoms with van der Waals surface area (Å²) in [6, 6.07) is 8.38. The van der Waals surface area contributed by atoms with Crippen LogP contribution < -0.4 is 14.8 Å². The number of hydrogen-bond acceptors (Lipinski definition) is 8. The van der Waals surface area contributed by atoms with Gasteiger partial charge in [-0.15, -0.1) is 5.10 Å². The van der Waals surface area contributed by atoms with Gasteiger partial charge in [-0.05, 0) is 65.5 Å². The van der Waals surface area contributed by atoms with E-state index in [2.05, 4.69) is 33.2 Å². The van der Waals surface area contributed by atoms with Gasteiger partial charge >= 0.3 is 5.97 Å². The van der Waals surface area contributed by atoms with Crippen LogP contribution in [0.15, 0.2) is 51.2 Å². The van der Waals surface area contributed by atoms with Crippen LogP contribution in [0.5, 0.6) is 11.5 Å². The van der Waals surface area contributed by atoms with Gasteiger partial charge in [0.25, 0.3) is 0 Å². The summed E-state index contributed by atoms with van der Waals surface area (Å²) in [5.41, 5.74) is 2.63. The highest BCUT2D eigenvalue weighted by atomic mass is 79.9. The smallest absolute Gasteiger partial charge is 0.338 e. The molecule has 0 bridgehead atoms. The minimum Gasteiger partial charge on any atom is -0.493 e. The summed E-state index contributed by atoms with van der Waals surface area (Å²) in [5, 5.41) is 9.67. The molecule has 0 amide bonds. The molecule has 1 unspecified atom stereocenters. The lowest BCUT2D eigenvalue weighted by Crippen LogP contribution is -2.30. The number of methoxy groups -OCH3 is 1. The number of carbonyl (C=O) groups is 1. The van der Waals surface area contributed by atoms with Crippen molar-refractivity contribution in [2.45, 2.75) is 51.4 Å². The Hall–Kier alpha value is -2.40. The summed E-state index contributed by atoms with van der Waals surface area (Å²) in [7, 11) is 1.56. The third-order valence-electron chi connectivity index (χ3n) is 5.88. The molecule has 1 atom stereocenters. The Labute approximate surface area is 250 Å². The van der Waals surface area contributed by atoms with E-state index in [0.29, 0.717) is 61.4 Å². The molecule has 0 saturated carbocycles. The molecule has 1 N–H and O–H groups in total. The third-order valence-corrected chi connectivity index (χ3v) is 8.10. The van der Waals surface area contributed by atoms with E-state index in [9.17, 15) is 4.79 Å². The van der Waals surface area contributed by atoms with Gasteiger partial charge in [0.2, 0.25) is 11.1 Å². The zero-order chi connectivity index (χ0) is 28.1. The second kappa shape index (κ2) is 13.3. The van der Waals surface area contributed by atoms with Gasteiger partial charge in [0.05, 0.1) is 23.8 Å². The van der Waals surface area contributed by atoms with E-state index in [4.69, 9.17) is 42.5 Å². The van der Waals surface area contributed by atoms with Crippen LogP contribution in [0.1, 0.15) is 50.8 Å². The number of nitrogens with zero attached hydrogens (tertiary/aromatic N) is 3. The number of ether oxygens (including phenoxy) is 3. The molecule has 1 aromatic heterocycles. The maximum Gasteiger partial charge on any atom is 0.338 e. The highest BCUT2D eigenvalue weighted by Gasteiger charge is 2.36. The Kier molecular flexibility index (Phi) is 10.1. The number of fused-ring (bicyclic) bond motifs is 1. The van der Waals surface area contributed by atoms with Gasteiger partial charge < -0.3 is 19.5 Å². The van der Waals surface area contributed by atoms with Gasteiger partial charge in [0.1, 0.15) is 12.6 Å². The van der Waals surface area contributed by atoms with Crippen molar-refractivity contribution in [3.63, 3.8) is 0 Å². The summed E-state index contributed by atoms with van der Waals surface area (Å²) in [5.74, 6) is 1.99. The van der Waals surface area contributed by atoms with Crippen LogP contribution in [-0.4, -0.2) is 40.2 Å². The van der Waals surface area contributed by atoms with Crippen molar-refractivity contribution in [1.82, 2.24) is 14.8 Å². The highest BCUT2D eigenvalue weighted by Crippen LogP contribution is 2.43. The monoisotopic (exact) mass is 654 g/mol. The molecule has 12 heteroatoms. The van der Waals surface area contributed by atoms with E-state index < -0.39 is 12.0 Å². The molecule has 0 radical (unpaired) electrons. The van der Waals surface area contributed by atoms with Gasteiger partial charge in [-0.25, -0.2) is 9.48 Å². The fourth-order valence-corrected chi connectivity index (χ4v) is 5.78. The molecule has 2 aromatic carbocycles. The Balaban J connectivity index is 1.75. The first-order valence-electron chi connectivity index (χ1n) is 12.5. The van der Waals surface area contributed by atoms with Crippen molar-refractivity contribution in [2.75, 3.05) is 24.8 Å². The predicted octanol–water partition coefficient (Wildman–Crippen LogP) is 7.68. The van der Waals surface area contributed by atoms with E-state index >= 15 is 0 Å². The molecule has 1 aliphatic rings. The van der Waals surface area contributed by atoms with Crippen LogP contribution in [-0.2, 0) is 16.1 Å². The molecule has 0 aliphatic carbocycles. The molecule has 8 nitrogen and oxygen atoms in total. The fraction of sp³-hybridized carbons (Fsp3) is 0.370. The Morgan fingerprint density at radius 1 is 1.21 bits per heavy atom. The number of thioether (sulfide) groups is 1. The zero-order valence-electron chi connectivity index (χ0n) is 22.0. The number of anilines is 1. The lowest BCUT2D eigenvalue weighted by atomic mass is 9.95. The number of aromatic nitrogens is 3. The Morgan fingerprint density at radius 3 is 2.69 bits per heavy atom. The average Bonchev–Trinajstić information content (AvgIpc) is 3.31. The molecule has 39 heavy (non-hydrogen) atoms. The van der Waals surface area contributed by atoms with Crippen molar-refractivity contribution in [2.24, 2.45) is 0 Å². The van der Waals surface area contributed by atoms with Crippen molar-refractivity contribution < 1.29 is 19.0 Å². The summed E-state index contributed by atoms with van der Waals surface area (Å²) in [6.45, 7) is 6.42. The van der Waals surface area contributed by atoms with Crippen LogP contribution in [0, 0.1) is 0 Å². The van der Waals surface area contributed by atoms with Crippen molar-refractivity contribution in [1.29, 1.82) is 0 Å². The zero-order valence-corrected chi connectivity index (χ0v) is 25.9. The van der Waals surface area contributed by atoms with Crippen molar-refractivity contribution >= 4 is 62.8 Å². The largest absolute Gasteiger partial charge is 0.493 e. The fourth-order valence-electron chi connectivity index (χ4n) is 4.06. The standard InChI is InChI=1S/C27H29BrCl2N4O4S/c1-5-9-37-25(35)22-15(3)31-26-32-27(39-10-6-2)33-34(26)23(22)17-11-19(28)24(21(12-17)36-4)38-14-16-7-8-18(29)13-20(16)30/h7-8,11-13,23H,5-6,9-10,14H2,1-4H3,(H,31,32,33). The van der Waals surface area contributed by atoms with Crippen LogP contribution in [0.3, 0.4) is 0 Å². The van der Waals surface area contributed by atoms with Crippen LogP contribution >= 0.6 is 50.9 Å². The molecule has 1 aliphatic heterocycles. The van der Waals surface area contributed by atoms with Crippen molar-refractivity contribution in [3.8, 4) is 11.5 Å². The summed E-state index contributed by atoms with van der Waals surface area (Å²) >= 11 is 17.6. The van der Waals surface area contributed by atoms with Crippen LogP contribution in [0.25, 0.3) is 0 Å². The number of hydrogen-bond donors (Lipinski definition) is 1. The maximum atomic E-state index is 13.3. The number of benzene rings is 2. The summed E-state index contributed by atoms with van der Waals surface area (Å²) in [6.07, 6.45) is 1.70. The quantitative estimate of drug-likeness (QED) is 0.166. The van der Waals surface area contributed by atoms with E-state index in [0.717, 1.165) is 23.3 Å². The molecule has 0 spiro atoms.